The highest BCUT2D eigenvalue weighted by molar-refractivity contribution is 6.01. The lowest BCUT2D eigenvalue weighted by atomic mass is 9.78. The van der Waals surface area contributed by atoms with Crippen molar-refractivity contribution in [1.82, 2.24) is 20.2 Å². The quantitative estimate of drug-likeness (QED) is 0.277. The molecule has 3 saturated heterocycles. The smallest absolute Gasteiger partial charge is 0.261 e. The van der Waals surface area contributed by atoms with E-state index in [2.05, 4.69) is 30.4 Å². The fraction of sp³-hybridized carbons (Fsp3) is 0.543. The van der Waals surface area contributed by atoms with E-state index in [9.17, 15) is 18.8 Å². The van der Waals surface area contributed by atoms with E-state index < -0.39 is 17.4 Å². The molecule has 12 heteroatoms. The molecule has 3 aliphatic heterocycles. The van der Waals surface area contributed by atoms with E-state index in [1.165, 1.54) is 12.1 Å². The van der Waals surface area contributed by atoms with Gasteiger partial charge in [-0.25, -0.2) is 13.8 Å². The van der Waals surface area contributed by atoms with E-state index >= 15 is 4.39 Å². The number of nitrogens with one attached hydrogen (secondary N) is 3. The summed E-state index contributed by atoms with van der Waals surface area (Å²) in [6, 6.07) is 7.41. The van der Waals surface area contributed by atoms with Crippen molar-refractivity contribution in [2.75, 3.05) is 49.5 Å². The molecular weight excluding hydrogens is 606 g/mol. The standard InChI is InChI=1S/C35H42F2N6O4/c36-26-17-24(38-28-4-6-32(44)41-34(28)45)3-5-30(26)43-15-9-23(10-16-43)22-7-12-42(13-8-22)14-11-31-39-29-19-25(47-20-21-1-2-21)18-27(37)33(29)35(46)40-31/h3,5,17-19,21-23,28,38H,1-2,4,6-16,20H2,(H,39,40,46)(H,41,44,45). The number of likely N-dealkylation sites (tertiary alicyclic amines) is 1. The third-order valence-electron chi connectivity index (χ3n) is 10.3. The molecule has 3 N–H and O–H groups in total. The van der Waals surface area contributed by atoms with E-state index in [4.69, 9.17) is 4.74 Å². The van der Waals surface area contributed by atoms with E-state index in [0.717, 1.165) is 71.2 Å². The first-order valence-corrected chi connectivity index (χ1v) is 17.0. The van der Waals surface area contributed by atoms with Gasteiger partial charge in [0.25, 0.3) is 5.56 Å². The highest BCUT2D eigenvalue weighted by Crippen LogP contribution is 2.35. The molecule has 1 saturated carbocycles. The average Bonchev–Trinajstić information content (AvgIpc) is 3.89. The molecule has 3 aromatic rings. The second-order valence-electron chi connectivity index (χ2n) is 13.6. The molecule has 0 radical (unpaired) electrons. The number of amides is 2. The largest absolute Gasteiger partial charge is 0.493 e. The number of carbonyl (C=O) groups excluding carboxylic acids is 2. The van der Waals surface area contributed by atoms with Gasteiger partial charge < -0.3 is 24.8 Å². The van der Waals surface area contributed by atoms with Crippen molar-refractivity contribution >= 4 is 34.1 Å². The normalized spacial score (nSPS) is 21.7. The van der Waals surface area contributed by atoms with Crippen LogP contribution >= 0.6 is 0 Å². The summed E-state index contributed by atoms with van der Waals surface area (Å²) in [5, 5.41) is 5.34. The Morgan fingerprint density at radius 3 is 2.34 bits per heavy atom. The zero-order valence-electron chi connectivity index (χ0n) is 26.5. The topological polar surface area (TPSA) is 120 Å². The fourth-order valence-electron chi connectivity index (χ4n) is 7.36. The molecule has 2 aromatic carbocycles. The van der Waals surface area contributed by atoms with Crippen molar-refractivity contribution in [2.24, 2.45) is 17.8 Å². The van der Waals surface area contributed by atoms with Gasteiger partial charge in [-0.05, 0) is 94.0 Å². The molecular formula is C35H42F2N6O4. The lowest BCUT2D eigenvalue weighted by Gasteiger charge is -2.41. The maximum atomic E-state index is 15.1. The van der Waals surface area contributed by atoms with Crippen molar-refractivity contribution in [3.63, 3.8) is 0 Å². The predicted octanol–water partition coefficient (Wildman–Crippen LogP) is 4.38. The van der Waals surface area contributed by atoms with E-state index in [1.807, 2.05) is 0 Å². The van der Waals surface area contributed by atoms with E-state index in [1.54, 1.807) is 18.2 Å². The van der Waals surface area contributed by atoms with Crippen molar-refractivity contribution in [3.05, 3.63) is 58.1 Å². The van der Waals surface area contributed by atoms with Gasteiger partial charge in [-0.15, -0.1) is 0 Å². The van der Waals surface area contributed by atoms with Crippen molar-refractivity contribution < 1.29 is 23.1 Å². The van der Waals surface area contributed by atoms with Gasteiger partial charge in [-0.3, -0.25) is 19.7 Å². The van der Waals surface area contributed by atoms with Crippen LogP contribution in [0.1, 0.15) is 57.2 Å². The summed E-state index contributed by atoms with van der Waals surface area (Å²) in [5.41, 5.74) is 0.986. The number of imide groups is 1. The number of fused-ring (bicyclic) bond motifs is 1. The van der Waals surface area contributed by atoms with Gasteiger partial charge in [0.1, 0.15) is 34.6 Å². The zero-order chi connectivity index (χ0) is 32.5. The lowest BCUT2D eigenvalue weighted by Crippen LogP contribution is -2.47. The van der Waals surface area contributed by atoms with Gasteiger partial charge in [-0.2, -0.15) is 0 Å². The van der Waals surface area contributed by atoms with Crippen LogP contribution in [0.3, 0.4) is 0 Å². The number of hydrogen-bond acceptors (Lipinski definition) is 8. The van der Waals surface area contributed by atoms with Crippen LogP contribution in [0.2, 0.25) is 0 Å². The summed E-state index contributed by atoms with van der Waals surface area (Å²) in [6.07, 6.45) is 7.77. The minimum absolute atomic E-state index is 0.0269. The van der Waals surface area contributed by atoms with Gasteiger partial charge in [0.15, 0.2) is 0 Å². The number of benzene rings is 2. The molecule has 1 unspecified atom stereocenters. The number of H-pyrrole nitrogens is 1. The monoisotopic (exact) mass is 648 g/mol. The number of piperidine rings is 3. The zero-order valence-corrected chi connectivity index (χ0v) is 26.5. The van der Waals surface area contributed by atoms with Gasteiger partial charge in [-0.1, -0.05) is 0 Å². The third-order valence-corrected chi connectivity index (χ3v) is 10.3. The first-order chi connectivity index (χ1) is 22.8. The average molecular weight is 649 g/mol. The van der Waals surface area contributed by atoms with Crippen LogP contribution in [-0.4, -0.2) is 72.1 Å². The summed E-state index contributed by atoms with van der Waals surface area (Å²) in [6.45, 7) is 4.90. The van der Waals surface area contributed by atoms with Crippen LogP contribution in [0.25, 0.3) is 10.9 Å². The molecule has 1 aliphatic carbocycles. The second-order valence-corrected chi connectivity index (χ2v) is 13.6. The number of hydrogen-bond donors (Lipinski definition) is 3. The van der Waals surface area contributed by atoms with E-state index in [0.29, 0.717) is 65.7 Å². The van der Waals surface area contributed by atoms with E-state index in [-0.39, 0.29) is 29.4 Å². The second kappa shape index (κ2) is 13.6. The molecule has 47 heavy (non-hydrogen) atoms. The van der Waals surface area contributed by atoms with Gasteiger partial charge in [0, 0.05) is 50.3 Å². The summed E-state index contributed by atoms with van der Waals surface area (Å²) in [4.78, 5) is 48.0. The number of ether oxygens (including phenoxy) is 1. The van der Waals surface area contributed by atoms with Crippen LogP contribution in [0.4, 0.5) is 20.2 Å². The highest BCUT2D eigenvalue weighted by Gasteiger charge is 2.31. The van der Waals surface area contributed by atoms with Gasteiger partial charge in [0.05, 0.1) is 17.8 Å². The Labute approximate surface area is 272 Å². The molecule has 2 amide bonds. The minimum Gasteiger partial charge on any atom is -0.493 e. The summed E-state index contributed by atoms with van der Waals surface area (Å²) >= 11 is 0. The maximum Gasteiger partial charge on any atom is 0.261 e. The number of anilines is 2. The molecule has 250 valence electrons. The summed E-state index contributed by atoms with van der Waals surface area (Å²) in [5.74, 6) is 1.18. The Kier molecular flexibility index (Phi) is 9.11. The first kappa shape index (κ1) is 31.5. The molecule has 0 bridgehead atoms. The molecule has 1 atom stereocenters. The van der Waals surface area contributed by atoms with Gasteiger partial charge in [0.2, 0.25) is 11.8 Å². The maximum absolute atomic E-state index is 15.1. The molecule has 4 heterocycles. The SMILES string of the molecule is O=C1CCC(Nc2ccc(N3CCC(C4CCN(CCc5nc6cc(OCC7CC7)cc(F)c6c(=O)[nH]5)CC4)CC3)c(F)c2)C(=O)N1. The Morgan fingerprint density at radius 1 is 0.894 bits per heavy atom. The third kappa shape index (κ3) is 7.42. The Hall–Kier alpha value is -4.06. The number of nitrogens with zero attached hydrogens (tertiary/aromatic N) is 3. The number of aromatic nitrogens is 2. The van der Waals surface area contributed by atoms with Crippen molar-refractivity contribution in [3.8, 4) is 5.75 Å². The van der Waals surface area contributed by atoms with Crippen LogP contribution in [0.15, 0.2) is 35.1 Å². The van der Waals surface area contributed by atoms with Gasteiger partial charge >= 0.3 is 0 Å². The number of rotatable bonds is 10. The van der Waals surface area contributed by atoms with Crippen molar-refractivity contribution in [1.29, 1.82) is 0 Å². The molecule has 7 rings (SSSR count). The molecule has 4 fully saturated rings. The number of carbonyl (C=O) groups is 2. The lowest BCUT2D eigenvalue weighted by molar-refractivity contribution is -0.133. The fourth-order valence-corrected chi connectivity index (χ4v) is 7.36. The van der Waals surface area contributed by atoms with Crippen LogP contribution in [-0.2, 0) is 16.0 Å². The minimum atomic E-state index is -0.608. The predicted molar refractivity (Wildman–Crippen MR) is 175 cm³/mol. The Morgan fingerprint density at radius 2 is 1.64 bits per heavy atom. The van der Waals surface area contributed by atoms with Crippen LogP contribution < -0.4 is 25.8 Å². The highest BCUT2D eigenvalue weighted by atomic mass is 19.1. The molecule has 1 aromatic heterocycles. The Bertz CT molecular complexity index is 1700. The van der Waals surface area contributed by atoms with Crippen LogP contribution in [0, 0.1) is 29.4 Å². The number of aromatic amines is 1. The Balaban J connectivity index is 0.872. The summed E-state index contributed by atoms with van der Waals surface area (Å²) < 4.78 is 35.6. The first-order valence-electron chi connectivity index (χ1n) is 17.0. The number of halogens is 2. The molecule has 4 aliphatic rings. The molecule has 0 spiro atoms. The van der Waals surface area contributed by atoms with Crippen molar-refractivity contribution in [2.45, 2.75) is 63.8 Å². The summed E-state index contributed by atoms with van der Waals surface area (Å²) in [7, 11) is 0. The van der Waals surface area contributed by atoms with Crippen LogP contribution in [0.5, 0.6) is 5.75 Å². The molecule has 10 nitrogen and oxygen atoms in total.